The molecule has 1 aromatic carbocycles. The van der Waals surface area contributed by atoms with Gasteiger partial charge in [-0.1, -0.05) is 26.0 Å². The summed E-state index contributed by atoms with van der Waals surface area (Å²) in [7, 11) is 0. The molecule has 4 nitrogen and oxygen atoms in total. The van der Waals surface area contributed by atoms with Crippen LogP contribution in [0.15, 0.2) is 24.3 Å². The van der Waals surface area contributed by atoms with Gasteiger partial charge in [-0.25, -0.2) is 0 Å². The molecule has 1 aromatic rings. The minimum atomic E-state index is -4.51. The number of hydrogen-bond donors (Lipinski definition) is 2. The first-order valence-corrected chi connectivity index (χ1v) is 6.06. The number of benzene rings is 1. The fraction of sp³-hybridized carbons (Fsp3) is 0.462. The van der Waals surface area contributed by atoms with E-state index in [2.05, 4.69) is 5.32 Å². The van der Waals surface area contributed by atoms with E-state index in [0.717, 1.165) is 6.07 Å². The molecule has 0 fully saturated rings. The molecule has 112 valence electrons. The first-order valence-electron chi connectivity index (χ1n) is 6.06. The number of nitrogens with one attached hydrogen (secondary N) is 1. The van der Waals surface area contributed by atoms with Gasteiger partial charge in [0, 0.05) is 6.04 Å². The van der Waals surface area contributed by atoms with Gasteiger partial charge in [-0.2, -0.15) is 13.2 Å². The Bertz CT molecular complexity index is 461. The van der Waals surface area contributed by atoms with Gasteiger partial charge >= 0.3 is 6.18 Å². The Morgan fingerprint density at radius 2 is 1.95 bits per heavy atom. The predicted molar refractivity (Wildman–Crippen MR) is 68.2 cm³/mol. The zero-order valence-electron chi connectivity index (χ0n) is 11.2. The first-order chi connectivity index (χ1) is 9.21. The van der Waals surface area contributed by atoms with Crippen LogP contribution in [0.1, 0.15) is 19.4 Å². The van der Waals surface area contributed by atoms with Crippen molar-refractivity contribution >= 4 is 5.91 Å². The maximum atomic E-state index is 12.8. The van der Waals surface area contributed by atoms with Crippen LogP contribution in [0.5, 0.6) is 5.75 Å². The lowest BCUT2D eigenvalue weighted by molar-refractivity contribution is -0.139. The molecule has 0 aliphatic rings. The average Bonchev–Trinajstić information content (AvgIpc) is 2.33. The predicted octanol–water partition coefficient (Wildman–Crippen LogP) is 1.94. The normalized spacial score (nSPS) is 13.3. The third-order valence-corrected chi connectivity index (χ3v) is 2.48. The molecule has 1 unspecified atom stereocenters. The number of nitrogens with two attached hydrogens (primary N) is 1. The van der Waals surface area contributed by atoms with Crippen molar-refractivity contribution in [2.75, 3.05) is 6.61 Å². The fourth-order valence-electron chi connectivity index (χ4n) is 1.61. The Balaban J connectivity index is 2.81. The summed E-state index contributed by atoms with van der Waals surface area (Å²) in [4.78, 5) is 11.2. The summed E-state index contributed by atoms with van der Waals surface area (Å²) in [6.45, 7) is 3.32. The summed E-state index contributed by atoms with van der Waals surface area (Å²) in [6, 6.07) is 3.93. The van der Waals surface area contributed by atoms with Crippen molar-refractivity contribution in [1.29, 1.82) is 0 Å². The SMILES string of the molecule is CC(C)NC(COc1ccccc1C(F)(F)F)C(N)=O. The van der Waals surface area contributed by atoms with Crippen LogP contribution in [0.3, 0.4) is 0 Å². The molecule has 0 heterocycles. The zero-order chi connectivity index (χ0) is 15.3. The molecule has 0 bridgehead atoms. The highest BCUT2D eigenvalue weighted by Crippen LogP contribution is 2.35. The zero-order valence-corrected chi connectivity index (χ0v) is 11.2. The molecule has 0 radical (unpaired) electrons. The van der Waals surface area contributed by atoms with Gasteiger partial charge in [-0.05, 0) is 12.1 Å². The van der Waals surface area contributed by atoms with Gasteiger partial charge in [0.05, 0.1) is 5.56 Å². The highest BCUT2D eigenvalue weighted by molar-refractivity contribution is 5.80. The number of carbonyl (C=O) groups is 1. The van der Waals surface area contributed by atoms with E-state index in [-0.39, 0.29) is 18.4 Å². The van der Waals surface area contributed by atoms with Crippen LogP contribution in [0.4, 0.5) is 13.2 Å². The van der Waals surface area contributed by atoms with Crippen LogP contribution >= 0.6 is 0 Å². The van der Waals surface area contributed by atoms with Gasteiger partial charge in [0.1, 0.15) is 18.4 Å². The average molecular weight is 290 g/mol. The van der Waals surface area contributed by atoms with Crippen LogP contribution in [0.25, 0.3) is 0 Å². The summed E-state index contributed by atoms with van der Waals surface area (Å²) in [5.41, 5.74) is 4.29. The van der Waals surface area contributed by atoms with E-state index in [9.17, 15) is 18.0 Å². The molecule has 0 spiro atoms. The van der Waals surface area contributed by atoms with Crippen LogP contribution in [-0.4, -0.2) is 24.6 Å². The monoisotopic (exact) mass is 290 g/mol. The van der Waals surface area contributed by atoms with Gasteiger partial charge in [0.15, 0.2) is 0 Å². The van der Waals surface area contributed by atoms with E-state index in [1.807, 2.05) is 0 Å². The van der Waals surface area contributed by atoms with Crippen molar-refractivity contribution in [1.82, 2.24) is 5.32 Å². The van der Waals surface area contributed by atoms with E-state index in [0.29, 0.717) is 0 Å². The number of amides is 1. The Hall–Kier alpha value is -1.76. The fourth-order valence-corrected chi connectivity index (χ4v) is 1.61. The lowest BCUT2D eigenvalue weighted by Crippen LogP contribution is -2.48. The highest BCUT2D eigenvalue weighted by Gasteiger charge is 2.34. The Morgan fingerprint density at radius 3 is 2.45 bits per heavy atom. The first kappa shape index (κ1) is 16.3. The lowest BCUT2D eigenvalue weighted by atomic mass is 10.2. The van der Waals surface area contributed by atoms with Gasteiger partial charge in [-0.3, -0.25) is 4.79 Å². The molecule has 0 aromatic heterocycles. The largest absolute Gasteiger partial charge is 0.491 e. The molecule has 1 atom stereocenters. The summed E-state index contributed by atoms with van der Waals surface area (Å²) in [5, 5.41) is 2.83. The summed E-state index contributed by atoms with van der Waals surface area (Å²) >= 11 is 0. The summed E-state index contributed by atoms with van der Waals surface area (Å²) in [6.07, 6.45) is -4.51. The molecule has 0 saturated carbocycles. The van der Waals surface area contributed by atoms with E-state index >= 15 is 0 Å². The van der Waals surface area contributed by atoms with Crippen molar-refractivity contribution in [2.24, 2.45) is 5.73 Å². The summed E-state index contributed by atoms with van der Waals surface area (Å²) < 4.78 is 43.4. The van der Waals surface area contributed by atoms with Gasteiger partial charge in [0.2, 0.25) is 5.91 Å². The van der Waals surface area contributed by atoms with E-state index in [4.69, 9.17) is 10.5 Å². The van der Waals surface area contributed by atoms with Crippen LogP contribution < -0.4 is 15.8 Å². The molecule has 3 N–H and O–H groups in total. The van der Waals surface area contributed by atoms with E-state index in [1.165, 1.54) is 18.2 Å². The van der Waals surface area contributed by atoms with Crippen molar-refractivity contribution in [3.05, 3.63) is 29.8 Å². The number of alkyl halides is 3. The number of carbonyl (C=O) groups excluding carboxylic acids is 1. The number of hydrogen-bond acceptors (Lipinski definition) is 3. The molecular weight excluding hydrogens is 273 g/mol. The Kier molecular flexibility index (Phi) is 5.38. The lowest BCUT2D eigenvalue weighted by Gasteiger charge is -2.20. The quantitative estimate of drug-likeness (QED) is 0.841. The van der Waals surface area contributed by atoms with E-state index < -0.39 is 23.7 Å². The minimum absolute atomic E-state index is 0.0473. The molecular formula is C13H17F3N2O2. The third kappa shape index (κ3) is 4.73. The van der Waals surface area contributed by atoms with E-state index in [1.54, 1.807) is 13.8 Å². The maximum Gasteiger partial charge on any atom is 0.419 e. The molecule has 1 amide bonds. The topological polar surface area (TPSA) is 64.3 Å². The molecule has 7 heteroatoms. The van der Waals surface area contributed by atoms with Crippen molar-refractivity contribution < 1.29 is 22.7 Å². The third-order valence-electron chi connectivity index (χ3n) is 2.48. The summed E-state index contributed by atoms with van der Waals surface area (Å²) in [5.74, 6) is -1.00. The Morgan fingerprint density at radius 1 is 1.35 bits per heavy atom. The highest BCUT2D eigenvalue weighted by atomic mass is 19.4. The minimum Gasteiger partial charge on any atom is -0.491 e. The maximum absolute atomic E-state index is 12.8. The van der Waals surface area contributed by atoms with Crippen molar-refractivity contribution in [2.45, 2.75) is 32.1 Å². The second-order valence-electron chi connectivity index (χ2n) is 4.58. The van der Waals surface area contributed by atoms with Crippen molar-refractivity contribution in [3.8, 4) is 5.75 Å². The number of para-hydroxylation sites is 1. The van der Waals surface area contributed by atoms with Crippen LogP contribution in [0, 0.1) is 0 Å². The molecule has 0 aliphatic carbocycles. The molecule has 1 rings (SSSR count). The molecule has 20 heavy (non-hydrogen) atoms. The number of rotatable bonds is 6. The smallest absolute Gasteiger partial charge is 0.419 e. The van der Waals surface area contributed by atoms with Gasteiger partial charge in [-0.15, -0.1) is 0 Å². The number of primary amides is 1. The van der Waals surface area contributed by atoms with Gasteiger partial charge < -0.3 is 15.8 Å². The molecule has 0 aliphatic heterocycles. The second-order valence-corrected chi connectivity index (χ2v) is 4.58. The van der Waals surface area contributed by atoms with Crippen LogP contribution in [0.2, 0.25) is 0 Å². The second kappa shape index (κ2) is 6.60. The molecule has 0 saturated heterocycles. The number of ether oxygens (including phenoxy) is 1. The standard InChI is InChI=1S/C13H17F3N2O2/c1-8(2)18-10(12(17)19)7-20-11-6-4-3-5-9(11)13(14,15)16/h3-6,8,10,18H,7H2,1-2H3,(H2,17,19). The van der Waals surface area contributed by atoms with Crippen molar-refractivity contribution in [3.63, 3.8) is 0 Å². The van der Waals surface area contributed by atoms with Crippen LogP contribution in [-0.2, 0) is 11.0 Å². The van der Waals surface area contributed by atoms with Gasteiger partial charge in [0.25, 0.3) is 0 Å². The number of halogens is 3. The Labute approximate surface area is 115 Å².